The minimum absolute atomic E-state index is 0.426. The van der Waals surface area contributed by atoms with Gasteiger partial charge in [0.25, 0.3) is 0 Å². The molecule has 0 amide bonds. The highest BCUT2D eigenvalue weighted by molar-refractivity contribution is 6.65. The molecule has 0 radical (unpaired) electrons. The monoisotopic (exact) mass is 1590 g/mol. The standard InChI is InChI=1S/C112H188BN3/c1-110(2,3)85-53-50-73(51-54-85)83-67-103-107-104(68-83)116(109-94(76-40-24-14-25-41-76)63-82(72-34-18-11-19-35-72)64-95(109)77-42-26-15-27-43-77)102-70-88(114-99-46-30-28-44-89(99)90-45-29-31-47-100(90)114)55-57-98(102)113(107)97-56-52-78(91-65-84-60-86(111(4,5)6)58-79-48-49-80-59-87(112(7,8)9)69-96(91)106(80)105(79)84)66-101(97)115(103)108-92(74-36-20-12-21-37-74)61-81(71-32-16-10-17-33-71)62-93(108)75-38-22-13-23-39-75/h71-109H,10-70H2,1-9H3. The highest BCUT2D eigenvalue weighted by Crippen LogP contribution is 2.72. The fourth-order valence-electron chi connectivity index (χ4n) is 41.2. The van der Waals surface area contributed by atoms with Gasteiger partial charge >= 0.3 is 0 Å². The molecule has 0 aromatic heterocycles. The lowest BCUT2D eigenvalue weighted by molar-refractivity contribution is -0.161. The molecule has 3 heterocycles. The van der Waals surface area contributed by atoms with E-state index in [0.29, 0.717) is 16.2 Å². The van der Waals surface area contributed by atoms with Gasteiger partial charge in [0.05, 0.1) is 0 Å². The van der Waals surface area contributed by atoms with Gasteiger partial charge in [0.2, 0.25) is 0 Å². The summed E-state index contributed by atoms with van der Waals surface area (Å²) in [6.07, 6.45) is 96.8. The molecular weight excluding hydrogens is 1400 g/mol. The van der Waals surface area contributed by atoms with Gasteiger partial charge in [-0.25, -0.2) is 0 Å². The van der Waals surface area contributed by atoms with Gasteiger partial charge in [-0.15, -0.1) is 0 Å². The first-order valence-corrected chi connectivity index (χ1v) is 55.8. The van der Waals surface area contributed by atoms with Crippen LogP contribution in [0.3, 0.4) is 0 Å². The topological polar surface area (TPSA) is 9.72 Å². The first-order valence-electron chi connectivity index (χ1n) is 55.8. The van der Waals surface area contributed by atoms with Crippen molar-refractivity contribution in [1.29, 1.82) is 0 Å². The van der Waals surface area contributed by atoms with Gasteiger partial charge in [-0.1, -0.05) is 300 Å². The molecule has 4 heteroatoms. The minimum atomic E-state index is 0.426. The van der Waals surface area contributed by atoms with Crippen LogP contribution in [0, 0.1) is 176 Å². The quantitative estimate of drug-likeness (QED) is 0.191. The molecule has 3 nitrogen and oxygen atoms in total. The van der Waals surface area contributed by atoms with Crippen molar-refractivity contribution in [2.24, 2.45) is 176 Å². The smallest absolute Gasteiger partial charge is 0.156 e. The van der Waals surface area contributed by atoms with Crippen molar-refractivity contribution < 1.29 is 0 Å². The van der Waals surface area contributed by atoms with Crippen molar-refractivity contribution in [2.45, 2.75) is 526 Å². The van der Waals surface area contributed by atoms with Crippen LogP contribution in [0.1, 0.15) is 454 Å². The molecule has 3 aliphatic heterocycles. The molecule has 21 fully saturated rings. The number of likely N-dealkylation sites (tertiary alicyclic amines) is 1. The molecule has 0 bridgehead atoms. The van der Waals surface area contributed by atoms with Crippen LogP contribution in [0.5, 0.6) is 0 Å². The third kappa shape index (κ3) is 15.6. The average Bonchev–Trinajstić information content (AvgIpc) is 0.722. The number of hydrogen-bond donors (Lipinski definition) is 0. The van der Waals surface area contributed by atoms with Crippen LogP contribution in [0.4, 0.5) is 0 Å². The molecule has 654 valence electrons. The Labute approximate surface area is 718 Å². The molecule has 0 N–H and O–H groups in total. The van der Waals surface area contributed by atoms with Crippen LogP contribution in [-0.2, 0) is 0 Å². The lowest BCUT2D eigenvalue weighted by Gasteiger charge is -2.73. The third-order valence-corrected chi connectivity index (χ3v) is 46.0. The Hall–Kier alpha value is -0.0551. The zero-order chi connectivity index (χ0) is 78.5. The Morgan fingerprint density at radius 2 is 0.526 bits per heavy atom. The van der Waals surface area contributed by atoms with E-state index in [-0.39, 0.29) is 0 Å². The minimum Gasteiger partial charge on any atom is -0.295 e. The number of fused-ring (bicyclic) bond motifs is 7. The largest absolute Gasteiger partial charge is 0.295 e. The summed E-state index contributed by atoms with van der Waals surface area (Å²) in [6.45, 7) is 25.4. The van der Waals surface area contributed by atoms with Crippen LogP contribution in [0.2, 0.25) is 17.5 Å². The molecule has 0 spiro atoms. The summed E-state index contributed by atoms with van der Waals surface area (Å²) in [5.41, 5.74) is 1.30. The van der Waals surface area contributed by atoms with E-state index in [0.717, 1.165) is 238 Å². The molecule has 18 aliphatic carbocycles. The van der Waals surface area contributed by atoms with Crippen LogP contribution in [0.25, 0.3) is 0 Å². The van der Waals surface area contributed by atoms with Crippen LogP contribution >= 0.6 is 0 Å². The Morgan fingerprint density at radius 3 is 0.974 bits per heavy atom. The molecular formula is C112H188BN3. The molecule has 21 aliphatic rings. The van der Waals surface area contributed by atoms with Crippen LogP contribution < -0.4 is 0 Å². The van der Waals surface area contributed by atoms with Crippen LogP contribution in [-0.4, -0.2) is 75.8 Å². The van der Waals surface area contributed by atoms with E-state index < -0.39 is 0 Å². The maximum Gasteiger partial charge on any atom is 0.156 e. The predicted molar refractivity (Wildman–Crippen MR) is 491 cm³/mol. The zero-order valence-electron chi connectivity index (χ0n) is 78.1. The molecule has 27 unspecified atom stereocenters. The molecule has 0 aromatic carbocycles. The van der Waals surface area contributed by atoms with Crippen molar-refractivity contribution in [3.8, 4) is 0 Å². The maximum absolute atomic E-state index is 4.13. The highest BCUT2D eigenvalue weighted by atomic mass is 15.3. The summed E-state index contributed by atoms with van der Waals surface area (Å²) < 4.78 is 0. The Bertz CT molecular complexity index is 3080. The van der Waals surface area contributed by atoms with E-state index in [1.54, 1.807) is 353 Å². The number of nitrogens with zero attached hydrogens (tertiary/aromatic N) is 3. The zero-order valence-corrected chi connectivity index (χ0v) is 78.1. The van der Waals surface area contributed by atoms with Crippen molar-refractivity contribution in [3.63, 3.8) is 0 Å². The molecule has 27 atom stereocenters. The summed E-state index contributed by atoms with van der Waals surface area (Å²) in [7, 11) is 0. The van der Waals surface area contributed by atoms with Crippen molar-refractivity contribution >= 4 is 6.71 Å². The highest BCUT2D eigenvalue weighted by Gasteiger charge is 2.71. The van der Waals surface area contributed by atoms with E-state index in [1.807, 2.05) is 0 Å². The molecule has 21 rings (SSSR count). The fourth-order valence-corrected chi connectivity index (χ4v) is 41.2. The van der Waals surface area contributed by atoms with Crippen LogP contribution in [0.15, 0.2) is 0 Å². The molecule has 116 heavy (non-hydrogen) atoms. The first kappa shape index (κ1) is 82.9. The van der Waals surface area contributed by atoms with E-state index >= 15 is 0 Å². The Morgan fingerprint density at radius 1 is 0.190 bits per heavy atom. The van der Waals surface area contributed by atoms with Crippen molar-refractivity contribution in [2.75, 3.05) is 0 Å². The lowest BCUT2D eigenvalue weighted by atomic mass is 9.18. The van der Waals surface area contributed by atoms with Crippen molar-refractivity contribution in [1.82, 2.24) is 14.7 Å². The average molecular weight is 1590 g/mol. The second-order valence-electron chi connectivity index (χ2n) is 53.5. The van der Waals surface area contributed by atoms with E-state index in [2.05, 4.69) is 77.0 Å². The second-order valence-corrected chi connectivity index (χ2v) is 53.5. The molecule has 18 saturated carbocycles. The summed E-state index contributed by atoms with van der Waals surface area (Å²) in [5.74, 6) is 29.4. The van der Waals surface area contributed by atoms with Gasteiger partial charge in [0.1, 0.15) is 0 Å². The first-order chi connectivity index (χ1) is 56.4. The maximum atomic E-state index is 4.13. The summed E-state index contributed by atoms with van der Waals surface area (Å²) in [4.78, 5) is 11.8. The Balaban J connectivity index is 0.759. The normalized spacial score (nSPS) is 49.3. The molecule has 0 aromatic rings. The number of rotatable bonds is 11. The van der Waals surface area contributed by atoms with Gasteiger partial charge in [-0.05, 0) is 348 Å². The lowest BCUT2D eigenvalue weighted by Crippen LogP contribution is -2.77. The number of hydrogen-bond acceptors (Lipinski definition) is 3. The van der Waals surface area contributed by atoms with Crippen molar-refractivity contribution in [3.05, 3.63) is 0 Å². The van der Waals surface area contributed by atoms with Gasteiger partial charge in [0.15, 0.2) is 6.71 Å². The Kier molecular flexibility index (Phi) is 24.7. The molecule has 3 saturated heterocycles. The second kappa shape index (κ2) is 34.5. The summed E-state index contributed by atoms with van der Waals surface area (Å²) in [6, 6.07) is 7.73. The predicted octanol–water partition coefficient (Wildman–Crippen LogP) is 30.7. The summed E-state index contributed by atoms with van der Waals surface area (Å²) >= 11 is 0. The third-order valence-electron chi connectivity index (χ3n) is 46.0. The van der Waals surface area contributed by atoms with Gasteiger partial charge in [0, 0.05) is 54.4 Å². The van der Waals surface area contributed by atoms with E-state index in [1.165, 1.54) is 38.5 Å². The van der Waals surface area contributed by atoms with E-state index in [4.69, 9.17) is 0 Å². The van der Waals surface area contributed by atoms with Gasteiger partial charge in [-0.3, -0.25) is 14.7 Å². The SMILES string of the molecule is CC(C)(C)C1CCC(C2CC3C4B(C5CCC(C6CC7CC(C(C)(C)C)CC8CCC9CC(C(C)(C)C)CC6C9C87)CC5N3C3C(C5CCCCC5)CC(C5CCCCC5)CC3C3CCCCC3)C3CCC(N5C6CCCCC6C6CCCCC65)CC3N(C3C(C5CCCCC5)CC(C5CCCCC5)CC3C3CCCCC3)C4C2)CC1. The summed E-state index contributed by atoms with van der Waals surface area (Å²) in [5, 5.41) is 0. The van der Waals surface area contributed by atoms with E-state index in [9.17, 15) is 0 Å². The fraction of sp³-hybridized carbons (Fsp3) is 1.00. The van der Waals surface area contributed by atoms with Gasteiger partial charge in [-0.2, -0.15) is 0 Å². The van der Waals surface area contributed by atoms with Gasteiger partial charge < -0.3 is 0 Å².